The zero-order chi connectivity index (χ0) is 23.4. The first kappa shape index (κ1) is 27.0. The van der Waals surface area contributed by atoms with Crippen molar-refractivity contribution >= 4 is 23.6 Å². The standard InChI is InChI=1S/C22H40N4O5/c1-5-8-9-10-11-19(28)26(31)20(29)14-17-15-23-12-13-25(17)22(30)24-21(16(4)6-2)18(27)7-3/h16-17,21,23,31H,5-15H2,1-4H3,(H,24,30)/t16-,17+,21-/m0/s1. The second kappa shape index (κ2) is 14.1. The number of hydrogen-bond acceptors (Lipinski definition) is 6. The Balaban J connectivity index is 2.73. The number of carbonyl (C=O) groups excluding carboxylic acids is 4. The lowest BCUT2D eigenvalue weighted by molar-refractivity contribution is -0.180. The highest BCUT2D eigenvalue weighted by atomic mass is 16.5. The number of imide groups is 1. The van der Waals surface area contributed by atoms with Gasteiger partial charge in [0.25, 0.3) is 11.8 Å². The Morgan fingerprint density at radius 2 is 1.84 bits per heavy atom. The Labute approximate surface area is 185 Å². The van der Waals surface area contributed by atoms with Crippen molar-refractivity contribution in [3.05, 3.63) is 0 Å². The number of urea groups is 1. The van der Waals surface area contributed by atoms with Gasteiger partial charge in [-0.3, -0.25) is 19.6 Å². The Kier molecular flexibility index (Phi) is 12.3. The predicted molar refractivity (Wildman–Crippen MR) is 117 cm³/mol. The molecule has 0 bridgehead atoms. The monoisotopic (exact) mass is 440 g/mol. The van der Waals surface area contributed by atoms with Crippen molar-refractivity contribution in [1.29, 1.82) is 0 Å². The van der Waals surface area contributed by atoms with Crippen LogP contribution in [0.3, 0.4) is 0 Å². The fraction of sp³-hybridized carbons (Fsp3) is 0.818. The van der Waals surface area contributed by atoms with Crippen LogP contribution < -0.4 is 10.6 Å². The molecule has 9 nitrogen and oxygen atoms in total. The van der Waals surface area contributed by atoms with Crippen LogP contribution in [0.25, 0.3) is 0 Å². The van der Waals surface area contributed by atoms with Crippen LogP contribution in [0.5, 0.6) is 0 Å². The quantitative estimate of drug-likeness (QED) is 0.244. The van der Waals surface area contributed by atoms with Crippen LogP contribution in [0.2, 0.25) is 0 Å². The maximum atomic E-state index is 12.9. The van der Waals surface area contributed by atoms with E-state index in [1.54, 1.807) is 6.92 Å². The van der Waals surface area contributed by atoms with Gasteiger partial charge in [-0.2, -0.15) is 5.06 Å². The first-order chi connectivity index (χ1) is 14.8. The smallest absolute Gasteiger partial charge is 0.318 e. The van der Waals surface area contributed by atoms with E-state index in [1.165, 1.54) is 4.90 Å². The summed E-state index contributed by atoms with van der Waals surface area (Å²) in [5.74, 6) is -1.38. The highest BCUT2D eigenvalue weighted by Crippen LogP contribution is 2.15. The molecule has 31 heavy (non-hydrogen) atoms. The third kappa shape index (κ3) is 8.57. The summed E-state index contributed by atoms with van der Waals surface area (Å²) in [7, 11) is 0. The van der Waals surface area contributed by atoms with Crippen molar-refractivity contribution < 1.29 is 24.4 Å². The second-order valence-corrected chi connectivity index (χ2v) is 8.30. The number of amides is 4. The molecular weight excluding hydrogens is 400 g/mol. The molecule has 0 aromatic carbocycles. The maximum Gasteiger partial charge on any atom is 0.318 e. The van der Waals surface area contributed by atoms with E-state index in [4.69, 9.17) is 0 Å². The number of nitrogens with one attached hydrogen (secondary N) is 2. The van der Waals surface area contributed by atoms with Crippen LogP contribution in [0.1, 0.15) is 79.1 Å². The topological polar surface area (TPSA) is 119 Å². The van der Waals surface area contributed by atoms with Crippen molar-refractivity contribution in [3.63, 3.8) is 0 Å². The molecule has 0 radical (unpaired) electrons. The molecular formula is C22H40N4O5. The van der Waals surface area contributed by atoms with Gasteiger partial charge in [-0.1, -0.05) is 53.4 Å². The zero-order valence-electron chi connectivity index (χ0n) is 19.5. The van der Waals surface area contributed by atoms with Gasteiger partial charge < -0.3 is 15.5 Å². The fourth-order valence-corrected chi connectivity index (χ4v) is 3.66. The molecule has 0 unspecified atom stereocenters. The molecule has 3 atom stereocenters. The molecule has 0 aromatic heterocycles. The van der Waals surface area contributed by atoms with Gasteiger partial charge in [-0.25, -0.2) is 4.79 Å². The van der Waals surface area contributed by atoms with E-state index in [0.29, 0.717) is 32.5 Å². The number of unbranched alkanes of at least 4 members (excludes halogenated alkanes) is 3. The molecule has 1 rings (SSSR count). The summed E-state index contributed by atoms with van der Waals surface area (Å²) in [4.78, 5) is 51.3. The lowest BCUT2D eigenvalue weighted by Crippen LogP contribution is -2.60. The van der Waals surface area contributed by atoms with E-state index < -0.39 is 29.9 Å². The summed E-state index contributed by atoms with van der Waals surface area (Å²) >= 11 is 0. The van der Waals surface area contributed by atoms with Crippen molar-refractivity contribution in [2.24, 2.45) is 5.92 Å². The van der Waals surface area contributed by atoms with Gasteiger partial charge >= 0.3 is 6.03 Å². The number of hydrogen-bond donors (Lipinski definition) is 3. The van der Waals surface area contributed by atoms with Gasteiger partial charge in [0, 0.05) is 32.5 Å². The number of piperazine rings is 1. The van der Waals surface area contributed by atoms with Crippen molar-refractivity contribution in [1.82, 2.24) is 20.6 Å². The summed E-state index contributed by atoms with van der Waals surface area (Å²) in [5.41, 5.74) is 0. The van der Waals surface area contributed by atoms with E-state index in [2.05, 4.69) is 17.6 Å². The highest BCUT2D eigenvalue weighted by molar-refractivity contribution is 5.94. The summed E-state index contributed by atoms with van der Waals surface area (Å²) in [6, 6.07) is -1.49. The lowest BCUT2D eigenvalue weighted by atomic mass is 9.94. The molecule has 9 heteroatoms. The third-order valence-electron chi connectivity index (χ3n) is 5.93. The van der Waals surface area contributed by atoms with E-state index >= 15 is 0 Å². The SMILES string of the molecule is CCCCCCC(=O)N(O)C(=O)C[C@@H]1CNCCN1C(=O)N[C@H](C(=O)CC)[C@@H](C)CC. The molecule has 1 fully saturated rings. The van der Waals surface area contributed by atoms with Crippen LogP contribution >= 0.6 is 0 Å². The first-order valence-corrected chi connectivity index (χ1v) is 11.6. The largest absolute Gasteiger partial charge is 0.328 e. The number of carbonyl (C=O) groups is 4. The Hall–Kier alpha value is -2.00. The summed E-state index contributed by atoms with van der Waals surface area (Å²) < 4.78 is 0. The second-order valence-electron chi connectivity index (χ2n) is 8.30. The minimum Gasteiger partial charge on any atom is -0.328 e. The molecule has 1 heterocycles. The molecule has 0 spiro atoms. The van der Waals surface area contributed by atoms with Gasteiger partial charge in [-0.15, -0.1) is 0 Å². The van der Waals surface area contributed by atoms with Crippen molar-refractivity contribution in [2.45, 2.75) is 91.1 Å². The summed E-state index contributed by atoms with van der Waals surface area (Å²) in [5, 5.41) is 16.2. The molecule has 0 aliphatic carbocycles. The van der Waals surface area contributed by atoms with Gasteiger partial charge in [0.2, 0.25) is 0 Å². The molecule has 1 aliphatic heterocycles. The lowest BCUT2D eigenvalue weighted by Gasteiger charge is -2.37. The predicted octanol–water partition coefficient (Wildman–Crippen LogP) is 2.47. The van der Waals surface area contributed by atoms with Crippen molar-refractivity contribution in [2.75, 3.05) is 19.6 Å². The summed E-state index contributed by atoms with van der Waals surface area (Å²) in [6.45, 7) is 9.02. The minimum atomic E-state index is -0.727. The highest BCUT2D eigenvalue weighted by Gasteiger charge is 2.33. The number of rotatable bonds is 12. The van der Waals surface area contributed by atoms with E-state index in [-0.39, 0.29) is 29.6 Å². The van der Waals surface area contributed by atoms with Crippen LogP contribution in [0, 0.1) is 5.92 Å². The Morgan fingerprint density at radius 1 is 1.13 bits per heavy atom. The molecule has 4 amide bonds. The molecule has 3 N–H and O–H groups in total. The molecule has 0 aromatic rings. The minimum absolute atomic E-state index is 0.00217. The van der Waals surface area contributed by atoms with Gasteiger partial charge in [0.1, 0.15) is 0 Å². The van der Waals surface area contributed by atoms with E-state index in [9.17, 15) is 24.4 Å². The Bertz CT molecular complexity index is 613. The normalized spacial score (nSPS) is 18.2. The number of hydroxylamine groups is 2. The van der Waals surface area contributed by atoms with E-state index in [0.717, 1.165) is 25.7 Å². The van der Waals surface area contributed by atoms with E-state index in [1.807, 2.05) is 13.8 Å². The van der Waals surface area contributed by atoms with Crippen LogP contribution in [-0.2, 0) is 14.4 Å². The maximum absolute atomic E-state index is 12.9. The third-order valence-corrected chi connectivity index (χ3v) is 5.93. The first-order valence-electron chi connectivity index (χ1n) is 11.6. The average molecular weight is 441 g/mol. The Morgan fingerprint density at radius 3 is 2.45 bits per heavy atom. The molecule has 0 saturated carbocycles. The number of Topliss-reactive ketones (excluding diaryl/α,β-unsaturated/α-hetero) is 1. The molecule has 1 aliphatic rings. The van der Waals surface area contributed by atoms with Gasteiger partial charge in [0.15, 0.2) is 5.78 Å². The molecule has 178 valence electrons. The van der Waals surface area contributed by atoms with Gasteiger partial charge in [-0.05, 0) is 12.3 Å². The molecule has 1 saturated heterocycles. The fourth-order valence-electron chi connectivity index (χ4n) is 3.66. The number of ketones is 1. The van der Waals surface area contributed by atoms with Gasteiger partial charge in [0.05, 0.1) is 18.5 Å². The van der Waals surface area contributed by atoms with Crippen molar-refractivity contribution in [3.8, 4) is 0 Å². The van der Waals surface area contributed by atoms with Crippen LogP contribution in [0.15, 0.2) is 0 Å². The number of nitrogens with zero attached hydrogens (tertiary/aromatic N) is 2. The summed E-state index contributed by atoms with van der Waals surface area (Å²) in [6.07, 6.45) is 4.56. The van der Waals surface area contributed by atoms with Crippen LogP contribution in [-0.4, -0.2) is 70.5 Å². The van der Waals surface area contributed by atoms with Crippen LogP contribution in [0.4, 0.5) is 4.79 Å². The average Bonchev–Trinajstić information content (AvgIpc) is 2.78. The zero-order valence-corrected chi connectivity index (χ0v) is 19.5.